The van der Waals surface area contributed by atoms with Gasteiger partial charge in [0, 0.05) is 0 Å². The van der Waals surface area contributed by atoms with Crippen LogP contribution in [0.2, 0.25) is 0 Å². The van der Waals surface area contributed by atoms with Crippen molar-refractivity contribution in [3.8, 4) is 0 Å². The first-order valence-electron chi connectivity index (χ1n) is 4.63. The van der Waals surface area contributed by atoms with Gasteiger partial charge < -0.3 is 0 Å². The van der Waals surface area contributed by atoms with Crippen molar-refractivity contribution in [3.63, 3.8) is 0 Å². The van der Waals surface area contributed by atoms with Crippen LogP contribution < -0.4 is 0 Å². The summed E-state index contributed by atoms with van der Waals surface area (Å²) >= 11 is 0. The lowest BCUT2D eigenvalue weighted by atomic mass is 9.97. The molecule has 0 radical (unpaired) electrons. The molecule has 0 spiro atoms. The van der Waals surface area contributed by atoms with E-state index in [1.54, 1.807) is 6.08 Å². The molecular weight excluding hydrogens is 156 g/mol. The highest BCUT2D eigenvalue weighted by molar-refractivity contribution is 5.55. The second-order valence-corrected chi connectivity index (χ2v) is 3.38. The molecule has 1 aromatic rings. The Balaban J connectivity index is 3.04. The van der Waals surface area contributed by atoms with E-state index in [0.29, 0.717) is 5.92 Å². The Labute approximate surface area is 80.6 Å². The van der Waals surface area contributed by atoms with Gasteiger partial charge in [-0.3, -0.25) is 0 Å². The van der Waals surface area contributed by atoms with Crippen LogP contribution in [0, 0.1) is 0 Å². The summed E-state index contributed by atoms with van der Waals surface area (Å²) in [5.74, 6) is 0.575. The summed E-state index contributed by atoms with van der Waals surface area (Å²) in [7, 11) is 0. The maximum absolute atomic E-state index is 3.66. The highest BCUT2D eigenvalue weighted by Crippen LogP contribution is 2.19. The molecule has 0 saturated carbocycles. The molecule has 0 aliphatic rings. The van der Waals surface area contributed by atoms with Gasteiger partial charge in [-0.1, -0.05) is 62.9 Å². The van der Waals surface area contributed by atoms with Crippen molar-refractivity contribution >= 4 is 6.08 Å². The first-order valence-corrected chi connectivity index (χ1v) is 4.63. The van der Waals surface area contributed by atoms with Crippen LogP contribution in [0.5, 0.6) is 0 Å². The largest absolute Gasteiger partial charge is 0.0991 e. The van der Waals surface area contributed by atoms with Gasteiger partial charge in [0.1, 0.15) is 0 Å². The fraction of sp³-hybridized carbons (Fsp3) is 0.231. The summed E-state index contributed by atoms with van der Waals surface area (Å²) in [4.78, 5) is 0. The standard InChI is InChI=1S/C13H16/c1-4-5-8-12-9-6-7-10-13(12)11(2)3/h4-11H,1H2,2-3H3. The Kier molecular flexibility index (Phi) is 3.51. The maximum atomic E-state index is 3.66. The van der Waals surface area contributed by atoms with Crippen molar-refractivity contribution in [2.24, 2.45) is 0 Å². The highest BCUT2D eigenvalue weighted by atomic mass is 14.1. The summed E-state index contributed by atoms with van der Waals surface area (Å²) in [5.41, 5.74) is 2.68. The van der Waals surface area contributed by atoms with Gasteiger partial charge in [-0.15, -0.1) is 0 Å². The second-order valence-electron chi connectivity index (χ2n) is 3.38. The zero-order valence-electron chi connectivity index (χ0n) is 8.33. The zero-order chi connectivity index (χ0) is 9.68. The van der Waals surface area contributed by atoms with Crippen LogP contribution in [0.1, 0.15) is 30.9 Å². The predicted octanol–water partition coefficient (Wildman–Crippen LogP) is 4.01. The SMILES string of the molecule is C=CC=Cc1ccccc1C(C)C. The van der Waals surface area contributed by atoms with Gasteiger partial charge in [-0.05, 0) is 17.0 Å². The molecule has 0 heterocycles. The fourth-order valence-electron chi connectivity index (χ4n) is 1.36. The first-order chi connectivity index (χ1) is 6.25. The van der Waals surface area contributed by atoms with Crippen LogP contribution in [0.4, 0.5) is 0 Å². The van der Waals surface area contributed by atoms with Crippen LogP contribution >= 0.6 is 0 Å². The van der Waals surface area contributed by atoms with Gasteiger partial charge in [0.15, 0.2) is 0 Å². The number of hydrogen-bond acceptors (Lipinski definition) is 0. The van der Waals surface area contributed by atoms with E-state index >= 15 is 0 Å². The van der Waals surface area contributed by atoms with E-state index in [1.165, 1.54) is 11.1 Å². The summed E-state index contributed by atoms with van der Waals surface area (Å²) in [5, 5.41) is 0. The zero-order valence-corrected chi connectivity index (χ0v) is 8.33. The molecule has 1 aromatic carbocycles. The normalized spacial score (nSPS) is 11.0. The van der Waals surface area contributed by atoms with E-state index in [1.807, 2.05) is 6.08 Å². The van der Waals surface area contributed by atoms with Crippen molar-refractivity contribution in [1.29, 1.82) is 0 Å². The van der Waals surface area contributed by atoms with Crippen molar-refractivity contribution in [1.82, 2.24) is 0 Å². The van der Waals surface area contributed by atoms with Gasteiger partial charge in [-0.25, -0.2) is 0 Å². The molecule has 0 saturated heterocycles. The lowest BCUT2D eigenvalue weighted by Gasteiger charge is -2.08. The molecule has 68 valence electrons. The maximum Gasteiger partial charge on any atom is -0.0213 e. The van der Waals surface area contributed by atoms with Crippen LogP contribution in [-0.2, 0) is 0 Å². The third-order valence-corrected chi connectivity index (χ3v) is 2.03. The Hall–Kier alpha value is -1.30. The summed E-state index contributed by atoms with van der Waals surface area (Å²) in [6.45, 7) is 8.08. The Morgan fingerprint density at radius 2 is 1.92 bits per heavy atom. The quantitative estimate of drug-likeness (QED) is 0.604. The van der Waals surface area contributed by atoms with E-state index in [-0.39, 0.29) is 0 Å². The second kappa shape index (κ2) is 4.66. The molecule has 1 rings (SSSR count). The third-order valence-electron chi connectivity index (χ3n) is 2.03. The van der Waals surface area contributed by atoms with Crippen LogP contribution in [-0.4, -0.2) is 0 Å². The van der Waals surface area contributed by atoms with E-state index in [9.17, 15) is 0 Å². The van der Waals surface area contributed by atoms with Crippen molar-refractivity contribution in [2.45, 2.75) is 19.8 Å². The summed E-state index contributed by atoms with van der Waals surface area (Å²) in [6.07, 6.45) is 5.88. The first kappa shape index (κ1) is 9.79. The van der Waals surface area contributed by atoms with E-state index < -0.39 is 0 Å². The number of rotatable bonds is 3. The molecule has 0 unspecified atom stereocenters. The van der Waals surface area contributed by atoms with E-state index in [4.69, 9.17) is 0 Å². The molecule has 0 aliphatic carbocycles. The molecule has 0 amide bonds. The van der Waals surface area contributed by atoms with Crippen LogP contribution in [0.15, 0.2) is 43.0 Å². The molecule has 13 heavy (non-hydrogen) atoms. The molecule has 0 nitrogen and oxygen atoms in total. The van der Waals surface area contributed by atoms with Gasteiger partial charge in [0.05, 0.1) is 0 Å². The van der Waals surface area contributed by atoms with Crippen molar-refractivity contribution in [2.75, 3.05) is 0 Å². The molecule has 0 aromatic heterocycles. The lowest BCUT2D eigenvalue weighted by molar-refractivity contribution is 0.864. The van der Waals surface area contributed by atoms with Gasteiger partial charge >= 0.3 is 0 Å². The molecular formula is C13H16. The third kappa shape index (κ3) is 2.59. The van der Waals surface area contributed by atoms with E-state index in [2.05, 4.69) is 50.8 Å². The topological polar surface area (TPSA) is 0 Å². The molecule has 0 bridgehead atoms. The van der Waals surface area contributed by atoms with Crippen LogP contribution in [0.3, 0.4) is 0 Å². The minimum atomic E-state index is 0.575. The van der Waals surface area contributed by atoms with Gasteiger partial charge in [-0.2, -0.15) is 0 Å². The van der Waals surface area contributed by atoms with Gasteiger partial charge in [0.2, 0.25) is 0 Å². The minimum Gasteiger partial charge on any atom is -0.0991 e. The average molecular weight is 172 g/mol. The van der Waals surface area contributed by atoms with Crippen molar-refractivity contribution in [3.05, 3.63) is 54.1 Å². The fourth-order valence-corrected chi connectivity index (χ4v) is 1.36. The Bertz CT molecular complexity index is 306. The number of allylic oxidation sites excluding steroid dienone is 2. The van der Waals surface area contributed by atoms with Crippen LogP contribution in [0.25, 0.3) is 6.08 Å². The molecule has 0 heteroatoms. The van der Waals surface area contributed by atoms with Gasteiger partial charge in [0.25, 0.3) is 0 Å². The van der Waals surface area contributed by atoms with Crippen molar-refractivity contribution < 1.29 is 0 Å². The average Bonchev–Trinajstić information content (AvgIpc) is 2.15. The summed E-state index contributed by atoms with van der Waals surface area (Å²) < 4.78 is 0. The Morgan fingerprint density at radius 1 is 1.23 bits per heavy atom. The lowest BCUT2D eigenvalue weighted by Crippen LogP contribution is -1.90. The number of hydrogen-bond donors (Lipinski definition) is 0. The molecule has 0 aliphatic heterocycles. The molecule has 0 atom stereocenters. The Morgan fingerprint density at radius 3 is 2.54 bits per heavy atom. The number of benzene rings is 1. The minimum absolute atomic E-state index is 0.575. The monoisotopic (exact) mass is 172 g/mol. The van der Waals surface area contributed by atoms with E-state index in [0.717, 1.165) is 0 Å². The highest BCUT2D eigenvalue weighted by Gasteiger charge is 2.01. The predicted molar refractivity (Wildman–Crippen MR) is 59.8 cm³/mol. The summed E-state index contributed by atoms with van der Waals surface area (Å²) in [6, 6.07) is 8.46. The smallest absolute Gasteiger partial charge is 0.0213 e. The molecule has 0 N–H and O–H groups in total. The molecule has 0 fully saturated rings.